The van der Waals surface area contributed by atoms with Crippen LogP contribution in [0.2, 0.25) is 5.02 Å². The van der Waals surface area contributed by atoms with Gasteiger partial charge in [0.2, 0.25) is 5.76 Å². The number of ether oxygens (including phenoxy) is 2. The Morgan fingerprint density at radius 2 is 1.88 bits per heavy atom. The Hall–Kier alpha value is -3.65. The number of hydrogen-bond acceptors (Lipinski definition) is 6. The SMILES string of the molecule is CC1OC(/C=C/c2ccc3cc(Nc4ncc(C(=O)N(C)c5cccc(Cl)c5)o4)ccc3c2)O1. The molecule has 1 amide bonds. The van der Waals surface area contributed by atoms with Crippen LogP contribution in [0, 0.1) is 0 Å². The van der Waals surface area contributed by atoms with E-state index in [2.05, 4.69) is 16.4 Å². The lowest BCUT2D eigenvalue weighted by Gasteiger charge is -2.31. The number of carbonyl (C=O) groups is 1. The number of nitrogens with one attached hydrogen (secondary N) is 1. The molecule has 0 bridgehead atoms. The highest BCUT2D eigenvalue weighted by molar-refractivity contribution is 6.31. The molecule has 1 saturated heterocycles. The number of benzene rings is 3. The second kappa shape index (κ2) is 9.30. The Labute approximate surface area is 201 Å². The van der Waals surface area contributed by atoms with Gasteiger partial charge in [0, 0.05) is 23.4 Å². The monoisotopic (exact) mass is 475 g/mol. The summed E-state index contributed by atoms with van der Waals surface area (Å²) in [4.78, 5) is 18.4. The Morgan fingerprint density at radius 1 is 1.09 bits per heavy atom. The highest BCUT2D eigenvalue weighted by atomic mass is 35.5. The first-order chi connectivity index (χ1) is 16.4. The largest absolute Gasteiger partial charge is 0.418 e. The molecule has 1 aliphatic heterocycles. The summed E-state index contributed by atoms with van der Waals surface area (Å²) in [6, 6.07) is 19.4. The van der Waals surface area contributed by atoms with Gasteiger partial charge in [0.15, 0.2) is 12.6 Å². The molecule has 8 heteroatoms. The standard InChI is InChI=1S/C26H22ClN3O4/c1-16-32-24(33-16)11-7-17-6-8-19-13-21(10-9-18(19)12-17)29-26-28-15-23(34-26)25(31)30(2)22-5-3-4-20(27)14-22/h3-16,24H,1-2H3,(H,28,29)/b11-7+. The molecular weight excluding hydrogens is 454 g/mol. The Balaban J connectivity index is 1.27. The van der Waals surface area contributed by atoms with E-state index in [4.69, 9.17) is 25.5 Å². The van der Waals surface area contributed by atoms with Gasteiger partial charge in [-0.3, -0.25) is 4.79 Å². The van der Waals surface area contributed by atoms with E-state index >= 15 is 0 Å². The van der Waals surface area contributed by atoms with Gasteiger partial charge >= 0.3 is 0 Å². The van der Waals surface area contributed by atoms with Crippen molar-refractivity contribution in [1.29, 1.82) is 0 Å². The average molecular weight is 476 g/mol. The molecule has 0 radical (unpaired) electrons. The summed E-state index contributed by atoms with van der Waals surface area (Å²) >= 11 is 6.03. The number of rotatable bonds is 6. The highest BCUT2D eigenvalue weighted by Crippen LogP contribution is 2.26. The van der Waals surface area contributed by atoms with Crippen molar-refractivity contribution in [2.45, 2.75) is 19.5 Å². The number of aromatic nitrogens is 1. The fourth-order valence-corrected chi connectivity index (χ4v) is 3.82. The summed E-state index contributed by atoms with van der Waals surface area (Å²) in [6.45, 7) is 1.86. The molecule has 1 aromatic heterocycles. The molecule has 0 atom stereocenters. The third-order valence-electron chi connectivity index (χ3n) is 5.43. The third kappa shape index (κ3) is 4.82. The Kier molecular flexibility index (Phi) is 6.06. The Morgan fingerprint density at radius 3 is 2.68 bits per heavy atom. The minimum absolute atomic E-state index is 0.121. The summed E-state index contributed by atoms with van der Waals surface area (Å²) < 4.78 is 16.5. The highest BCUT2D eigenvalue weighted by Gasteiger charge is 2.23. The van der Waals surface area contributed by atoms with Crippen LogP contribution in [0.3, 0.4) is 0 Å². The molecule has 0 spiro atoms. The molecule has 1 fully saturated rings. The summed E-state index contributed by atoms with van der Waals surface area (Å²) in [5, 5.41) is 5.80. The maximum atomic E-state index is 12.8. The molecule has 0 aliphatic carbocycles. The predicted molar refractivity (Wildman–Crippen MR) is 132 cm³/mol. The van der Waals surface area contributed by atoms with Crippen LogP contribution < -0.4 is 10.2 Å². The van der Waals surface area contributed by atoms with Crippen LogP contribution in [-0.2, 0) is 9.47 Å². The van der Waals surface area contributed by atoms with E-state index in [1.165, 1.54) is 11.1 Å². The predicted octanol–water partition coefficient (Wildman–Crippen LogP) is 6.23. The summed E-state index contributed by atoms with van der Waals surface area (Å²) in [5.41, 5.74) is 2.51. The molecule has 34 heavy (non-hydrogen) atoms. The van der Waals surface area contributed by atoms with Gasteiger partial charge in [0.05, 0.1) is 6.20 Å². The molecule has 5 rings (SSSR count). The van der Waals surface area contributed by atoms with Gasteiger partial charge in [-0.2, -0.15) is 0 Å². The van der Waals surface area contributed by atoms with Crippen molar-refractivity contribution in [1.82, 2.24) is 4.98 Å². The second-order valence-corrected chi connectivity index (χ2v) is 8.32. The van der Waals surface area contributed by atoms with Gasteiger partial charge in [-0.05, 0) is 65.7 Å². The van der Waals surface area contributed by atoms with Crippen LogP contribution in [-0.4, -0.2) is 30.5 Å². The fourth-order valence-electron chi connectivity index (χ4n) is 3.64. The number of anilines is 3. The lowest BCUT2D eigenvalue weighted by molar-refractivity contribution is -0.354. The number of carbonyl (C=O) groups excluding carboxylic acids is 1. The van der Waals surface area contributed by atoms with Crippen LogP contribution in [0.5, 0.6) is 0 Å². The van der Waals surface area contributed by atoms with E-state index in [-0.39, 0.29) is 30.3 Å². The summed E-state index contributed by atoms with van der Waals surface area (Å²) in [7, 11) is 1.66. The van der Waals surface area contributed by atoms with Crippen molar-refractivity contribution in [2.24, 2.45) is 0 Å². The van der Waals surface area contributed by atoms with E-state index in [1.807, 2.05) is 49.4 Å². The first-order valence-electron chi connectivity index (χ1n) is 10.7. The topological polar surface area (TPSA) is 76.8 Å². The third-order valence-corrected chi connectivity index (χ3v) is 5.66. The number of halogens is 1. The maximum Gasteiger partial charge on any atom is 0.299 e. The van der Waals surface area contributed by atoms with Crippen molar-refractivity contribution in [2.75, 3.05) is 17.3 Å². The van der Waals surface area contributed by atoms with E-state index in [9.17, 15) is 4.79 Å². The van der Waals surface area contributed by atoms with Crippen molar-refractivity contribution in [3.05, 3.63) is 89.3 Å². The van der Waals surface area contributed by atoms with Crippen LogP contribution in [0.15, 0.2) is 77.4 Å². The molecule has 0 saturated carbocycles. The second-order valence-electron chi connectivity index (χ2n) is 7.89. The minimum Gasteiger partial charge on any atom is -0.418 e. The van der Waals surface area contributed by atoms with Gasteiger partial charge in [0.25, 0.3) is 11.9 Å². The zero-order valence-electron chi connectivity index (χ0n) is 18.6. The van der Waals surface area contributed by atoms with Crippen LogP contribution in [0.25, 0.3) is 16.8 Å². The van der Waals surface area contributed by atoms with E-state index < -0.39 is 0 Å². The zero-order chi connectivity index (χ0) is 23.7. The van der Waals surface area contributed by atoms with Gasteiger partial charge in [-0.1, -0.05) is 41.9 Å². The molecule has 1 N–H and O–H groups in total. The normalized spacial score (nSPS) is 17.6. The lowest BCUT2D eigenvalue weighted by Crippen LogP contribution is -2.36. The molecule has 4 aromatic rings. The molecule has 1 aliphatic rings. The number of nitrogens with zero attached hydrogens (tertiary/aromatic N) is 2. The molecule has 172 valence electrons. The van der Waals surface area contributed by atoms with Crippen molar-refractivity contribution < 1.29 is 18.7 Å². The van der Waals surface area contributed by atoms with Gasteiger partial charge in [-0.25, -0.2) is 4.98 Å². The molecule has 0 unspecified atom stereocenters. The zero-order valence-corrected chi connectivity index (χ0v) is 19.3. The minimum atomic E-state index is -0.325. The maximum absolute atomic E-state index is 12.8. The number of fused-ring (bicyclic) bond motifs is 1. The molecule has 3 aromatic carbocycles. The molecule has 7 nitrogen and oxygen atoms in total. The number of hydrogen-bond donors (Lipinski definition) is 1. The van der Waals surface area contributed by atoms with Gasteiger partial charge in [-0.15, -0.1) is 0 Å². The van der Waals surface area contributed by atoms with E-state index in [0.717, 1.165) is 22.0 Å². The quantitative estimate of drug-likeness (QED) is 0.356. The van der Waals surface area contributed by atoms with Crippen molar-refractivity contribution in [3.63, 3.8) is 0 Å². The average Bonchev–Trinajstić information content (AvgIpc) is 3.28. The molecule has 2 heterocycles. The van der Waals surface area contributed by atoms with Crippen LogP contribution >= 0.6 is 11.6 Å². The van der Waals surface area contributed by atoms with Crippen LogP contribution in [0.1, 0.15) is 23.0 Å². The fraction of sp³-hybridized carbons (Fsp3) is 0.154. The Bertz CT molecular complexity index is 1380. The van der Waals surface area contributed by atoms with E-state index in [0.29, 0.717) is 10.7 Å². The first-order valence-corrected chi connectivity index (χ1v) is 11.1. The number of amides is 1. The lowest BCUT2D eigenvalue weighted by atomic mass is 10.1. The van der Waals surface area contributed by atoms with Crippen molar-refractivity contribution in [3.8, 4) is 0 Å². The van der Waals surface area contributed by atoms with Crippen LogP contribution in [0.4, 0.5) is 17.4 Å². The summed E-state index contributed by atoms with van der Waals surface area (Å²) in [5.74, 6) is -0.204. The van der Waals surface area contributed by atoms with E-state index in [1.54, 1.807) is 31.3 Å². The van der Waals surface area contributed by atoms with Gasteiger partial charge in [0.1, 0.15) is 0 Å². The first kappa shape index (κ1) is 22.2. The van der Waals surface area contributed by atoms with Gasteiger partial charge < -0.3 is 24.1 Å². The summed E-state index contributed by atoms with van der Waals surface area (Å²) in [6.07, 6.45) is 4.86. The number of oxazole rings is 1. The smallest absolute Gasteiger partial charge is 0.299 e. The van der Waals surface area contributed by atoms with Crippen molar-refractivity contribution >= 4 is 51.7 Å². The molecular formula is C26H22ClN3O4.